The van der Waals surface area contributed by atoms with Crippen LogP contribution in [0.5, 0.6) is 5.75 Å². The lowest BCUT2D eigenvalue weighted by atomic mass is 10.2. The van der Waals surface area contributed by atoms with E-state index in [-0.39, 0.29) is 0 Å². The van der Waals surface area contributed by atoms with Gasteiger partial charge in [0.25, 0.3) is 0 Å². The zero-order valence-corrected chi connectivity index (χ0v) is 12.5. The number of H-pyrrole nitrogens is 1. The number of methoxy groups -OCH3 is 1. The van der Waals surface area contributed by atoms with Gasteiger partial charge in [-0.15, -0.1) is 0 Å². The average molecular weight is 298 g/mol. The Morgan fingerprint density at radius 3 is 2.81 bits per heavy atom. The minimum Gasteiger partial charge on any atom is -0.497 e. The highest BCUT2D eigenvalue weighted by Gasteiger charge is 2.08. The van der Waals surface area contributed by atoms with E-state index in [1.165, 1.54) is 0 Å². The van der Waals surface area contributed by atoms with Crippen LogP contribution in [0.25, 0.3) is 11.0 Å². The maximum absolute atomic E-state index is 10.8. The van der Waals surface area contributed by atoms with Gasteiger partial charge in [-0.2, -0.15) is 0 Å². The first-order valence-electron chi connectivity index (χ1n) is 6.47. The quantitative estimate of drug-likeness (QED) is 0.743. The van der Waals surface area contributed by atoms with Crippen molar-refractivity contribution < 1.29 is 9.53 Å². The summed E-state index contributed by atoms with van der Waals surface area (Å²) in [5, 5.41) is 0.820. The number of hydrogen-bond acceptors (Lipinski definition) is 4. The zero-order valence-electron chi connectivity index (χ0n) is 11.7. The van der Waals surface area contributed by atoms with Crippen LogP contribution >= 0.6 is 11.8 Å². The number of hydrogen-bond donors (Lipinski definition) is 1. The van der Waals surface area contributed by atoms with Crippen LogP contribution in [0.4, 0.5) is 0 Å². The number of aromatic amines is 1. The van der Waals surface area contributed by atoms with Crippen LogP contribution in [0, 0.1) is 6.92 Å². The molecule has 0 spiro atoms. The third-order valence-electron chi connectivity index (χ3n) is 3.21. The molecule has 0 aliphatic carbocycles. The molecule has 1 heterocycles. The highest BCUT2D eigenvalue weighted by Crippen LogP contribution is 2.30. The number of fused-ring (bicyclic) bond motifs is 1. The standard InChI is InChI=1S/C16H14N2O2S/c1-10-7-11(9-19)3-6-15(10)21-16-17-13-5-4-12(20-2)8-14(13)18-16/h3-9H,1-2H3,(H,17,18). The number of carbonyl (C=O) groups is 1. The number of aryl methyl sites for hydroxylation is 1. The van der Waals surface area contributed by atoms with Crippen LogP contribution in [0.3, 0.4) is 0 Å². The smallest absolute Gasteiger partial charge is 0.171 e. The monoisotopic (exact) mass is 298 g/mol. The molecule has 21 heavy (non-hydrogen) atoms. The summed E-state index contributed by atoms with van der Waals surface area (Å²) in [6, 6.07) is 11.4. The van der Waals surface area contributed by atoms with E-state index in [0.717, 1.165) is 38.7 Å². The summed E-state index contributed by atoms with van der Waals surface area (Å²) in [6.07, 6.45) is 0.856. The third-order valence-corrected chi connectivity index (χ3v) is 4.27. The van der Waals surface area contributed by atoms with Gasteiger partial charge < -0.3 is 9.72 Å². The van der Waals surface area contributed by atoms with Crippen molar-refractivity contribution in [2.75, 3.05) is 7.11 Å². The number of ether oxygens (including phenoxy) is 1. The first-order chi connectivity index (χ1) is 10.2. The van der Waals surface area contributed by atoms with Gasteiger partial charge in [0, 0.05) is 16.5 Å². The molecular formula is C16H14N2O2S. The van der Waals surface area contributed by atoms with E-state index in [2.05, 4.69) is 9.97 Å². The van der Waals surface area contributed by atoms with E-state index >= 15 is 0 Å². The molecule has 0 aliphatic rings. The molecule has 0 amide bonds. The number of nitrogens with one attached hydrogen (secondary N) is 1. The Hall–Kier alpha value is -2.27. The van der Waals surface area contributed by atoms with Gasteiger partial charge in [-0.3, -0.25) is 4.79 Å². The fourth-order valence-corrected chi connectivity index (χ4v) is 2.97. The van der Waals surface area contributed by atoms with Gasteiger partial charge >= 0.3 is 0 Å². The topological polar surface area (TPSA) is 55.0 Å². The van der Waals surface area contributed by atoms with E-state index in [4.69, 9.17) is 4.74 Å². The van der Waals surface area contributed by atoms with E-state index in [1.807, 2.05) is 43.3 Å². The van der Waals surface area contributed by atoms with E-state index < -0.39 is 0 Å². The maximum Gasteiger partial charge on any atom is 0.171 e. The fraction of sp³-hybridized carbons (Fsp3) is 0.125. The van der Waals surface area contributed by atoms with E-state index in [1.54, 1.807) is 18.9 Å². The molecule has 2 aromatic carbocycles. The SMILES string of the molecule is COc1ccc2nc(Sc3ccc(C=O)cc3C)[nH]c2c1. The summed E-state index contributed by atoms with van der Waals surface area (Å²) in [4.78, 5) is 19.7. The van der Waals surface area contributed by atoms with Crippen molar-refractivity contribution in [3.63, 3.8) is 0 Å². The predicted molar refractivity (Wildman–Crippen MR) is 83.3 cm³/mol. The molecule has 0 saturated carbocycles. The summed E-state index contributed by atoms with van der Waals surface area (Å²) in [5.41, 5.74) is 3.59. The van der Waals surface area contributed by atoms with Gasteiger partial charge in [-0.1, -0.05) is 17.8 Å². The molecule has 3 aromatic rings. The molecule has 1 N–H and O–H groups in total. The molecule has 0 fully saturated rings. The lowest BCUT2D eigenvalue weighted by Crippen LogP contribution is -1.85. The van der Waals surface area contributed by atoms with Crippen molar-refractivity contribution in [1.82, 2.24) is 9.97 Å². The summed E-state index contributed by atoms with van der Waals surface area (Å²) in [5.74, 6) is 0.800. The second-order valence-electron chi connectivity index (χ2n) is 4.67. The van der Waals surface area contributed by atoms with Crippen molar-refractivity contribution in [3.8, 4) is 5.75 Å². The van der Waals surface area contributed by atoms with Crippen LogP contribution in [-0.4, -0.2) is 23.4 Å². The number of benzene rings is 2. The minimum atomic E-state index is 0.686. The van der Waals surface area contributed by atoms with Crippen molar-refractivity contribution >= 4 is 29.1 Å². The molecule has 0 saturated heterocycles. The Kier molecular flexibility index (Phi) is 3.66. The molecule has 0 radical (unpaired) electrons. The lowest BCUT2D eigenvalue weighted by molar-refractivity contribution is 0.112. The number of aromatic nitrogens is 2. The van der Waals surface area contributed by atoms with Crippen molar-refractivity contribution in [2.45, 2.75) is 17.0 Å². The molecular weight excluding hydrogens is 284 g/mol. The highest BCUT2D eigenvalue weighted by molar-refractivity contribution is 7.99. The Bertz CT molecular complexity index is 811. The van der Waals surface area contributed by atoms with Gasteiger partial charge in [0.1, 0.15) is 12.0 Å². The largest absolute Gasteiger partial charge is 0.497 e. The number of aldehydes is 1. The maximum atomic E-state index is 10.8. The Balaban J connectivity index is 1.92. The molecule has 0 atom stereocenters. The molecule has 5 heteroatoms. The molecule has 106 valence electrons. The molecule has 1 aromatic heterocycles. The van der Waals surface area contributed by atoms with Gasteiger partial charge in [-0.25, -0.2) is 4.98 Å². The number of carbonyl (C=O) groups excluding carboxylic acids is 1. The molecule has 0 unspecified atom stereocenters. The van der Waals surface area contributed by atoms with Crippen molar-refractivity contribution in [1.29, 1.82) is 0 Å². The van der Waals surface area contributed by atoms with E-state index in [0.29, 0.717) is 5.56 Å². The number of rotatable bonds is 4. The Morgan fingerprint density at radius 1 is 1.24 bits per heavy atom. The van der Waals surface area contributed by atoms with Gasteiger partial charge in [0.2, 0.25) is 0 Å². The molecule has 0 bridgehead atoms. The lowest BCUT2D eigenvalue weighted by Gasteiger charge is -2.03. The number of imidazole rings is 1. The van der Waals surface area contributed by atoms with Crippen LogP contribution in [0.15, 0.2) is 46.5 Å². The van der Waals surface area contributed by atoms with Crippen molar-refractivity contribution in [2.24, 2.45) is 0 Å². The van der Waals surface area contributed by atoms with Gasteiger partial charge in [-0.05, 0) is 36.8 Å². The van der Waals surface area contributed by atoms with Crippen LogP contribution in [0.2, 0.25) is 0 Å². The first kappa shape index (κ1) is 13.7. The second kappa shape index (κ2) is 5.61. The molecule has 4 nitrogen and oxygen atoms in total. The molecule has 0 aliphatic heterocycles. The van der Waals surface area contributed by atoms with Gasteiger partial charge in [0.05, 0.1) is 18.1 Å². The number of nitrogens with zero attached hydrogens (tertiary/aromatic N) is 1. The van der Waals surface area contributed by atoms with Gasteiger partial charge in [0.15, 0.2) is 5.16 Å². The van der Waals surface area contributed by atoms with Crippen molar-refractivity contribution in [3.05, 3.63) is 47.5 Å². The predicted octanol–water partition coefficient (Wildman–Crippen LogP) is 3.84. The summed E-state index contributed by atoms with van der Waals surface area (Å²) >= 11 is 1.55. The summed E-state index contributed by atoms with van der Waals surface area (Å²) < 4.78 is 5.21. The fourth-order valence-electron chi connectivity index (χ4n) is 2.11. The Labute approximate surface area is 126 Å². The highest BCUT2D eigenvalue weighted by atomic mass is 32.2. The van der Waals surface area contributed by atoms with Crippen LogP contribution in [0.1, 0.15) is 15.9 Å². The normalized spacial score (nSPS) is 10.8. The van der Waals surface area contributed by atoms with Crippen LogP contribution < -0.4 is 4.74 Å². The zero-order chi connectivity index (χ0) is 14.8. The molecule has 3 rings (SSSR count). The first-order valence-corrected chi connectivity index (χ1v) is 7.28. The Morgan fingerprint density at radius 2 is 2.10 bits per heavy atom. The summed E-state index contributed by atoms with van der Waals surface area (Å²) in [6.45, 7) is 1.99. The third kappa shape index (κ3) is 2.78. The van der Waals surface area contributed by atoms with E-state index in [9.17, 15) is 4.79 Å². The average Bonchev–Trinajstić information content (AvgIpc) is 2.90. The van der Waals surface area contributed by atoms with Crippen LogP contribution in [-0.2, 0) is 0 Å². The second-order valence-corrected chi connectivity index (χ2v) is 5.70. The minimum absolute atomic E-state index is 0.686. The summed E-state index contributed by atoms with van der Waals surface area (Å²) in [7, 11) is 1.64.